The topological polar surface area (TPSA) is 187 Å². The second-order valence-electron chi connectivity index (χ2n) is 17.2. The van der Waals surface area contributed by atoms with Gasteiger partial charge in [0.15, 0.2) is 0 Å². The molecule has 352 valence electrons. The summed E-state index contributed by atoms with van der Waals surface area (Å²) < 4.78 is 9.53. The number of phenolic OH excluding ortho intramolecular Hbond substituents is 1. The molecule has 6 aromatic heterocycles. The van der Waals surface area contributed by atoms with Gasteiger partial charge in [0.25, 0.3) is 0 Å². The van der Waals surface area contributed by atoms with E-state index in [4.69, 9.17) is 16.3 Å². The van der Waals surface area contributed by atoms with E-state index in [9.17, 15) is 5.11 Å². The van der Waals surface area contributed by atoms with Crippen molar-refractivity contribution < 1.29 is 14.9 Å². The first kappa shape index (κ1) is 48.2. The third-order valence-electron chi connectivity index (χ3n) is 10.3. The number of aryl methyl sites for hydroxylation is 2. The number of anilines is 4. The average Bonchev–Trinajstić information content (AvgIpc) is 4.03. The number of aliphatic hydroxyl groups is 1. The Hall–Kier alpha value is -9.22. The van der Waals surface area contributed by atoms with E-state index in [1.54, 1.807) is 58.5 Å². The van der Waals surface area contributed by atoms with Crippen LogP contribution in [0.1, 0.15) is 22.5 Å². The van der Waals surface area contributed by atoms with Crippen molar-refractivity contribution in [1.29, 1.82) is 0 Å². The fraction of sp³-hybridized carbons (Fsp3) is 0.127. The number of terminal acetylenes is 1. The molecule has 71 heavy (non-hydrogen) atoms. The molecule has 10 aromatic rings. The molecule has 0 radical (unpaired) electrons. The average molecular weight is 955 g/mol. The Morgan fingerprint density at radius 1 is 0.620 bits per heavy atom. The Morgan fingerprint density at radius 3 is 1.70 bits per heavy atom. The molecule has 0 unspecified atom stereocenters. The fourth-order valence-electron chi connectivity index (χ4n) is 6.92. The number of ether oxygens (including phenoxy) is 1. The standard InChI is InChI=1S/C26H20N6O.C23H23N5OSi.C6H7NO/c1-3-18-7-8-25-20(10-18)14-28-26(31-25)30-23-11-19(21-15-29-32(2)16-21)12-24(13-23)33-17-22-6-4-5-9-27-22;1-28-15-19(14-25-28)17-10-20(12-21(29)11-17)26-23-24-13-18-9-16(5-6-22(18)27-23)7-8-30(2,3)4;8-5-6-3-1-2-4-7-6/h1,4-16H,17H2,2H3,(H,28,30,31);5-6,9-15,29H,1-4H3,(H,24,26,27);1-4,8H,5H2. The molecule has 0 aliphatic rings. The highest BCUT2D eigenvalue weighted by Gasteiger charge is 2.11. The number of hydrogen-bond acceptors (Lipinski definition) is 13. The summed E-state index contributed by atoms with van der Waals surface area (Å²) in [5, 5.41) is 35.4. The lowest BCUT2D eigenvalue weighted by molar-refractivity contribution is 0.277. The van der Waals surface area contributed by atoms with E-state index >= 15 is 0 Å². The lowest BCUT2D eigenvalue weighted by Crippen LogP contribution is -2.16. The summed E-state index contributed by atoms with van der Waals surface area (Å²) in [4.78, 5) is 26.3. The van der Waals surface area contributed by atoms with Crippen LogP contribution in [0.3, 0.4) is 0 Å². The second-order valence-corrected chi connectivity index (χ2v) is 22.0. The van der Waals surface area contributed by atoms with Gasteiger partial charge in [-0.1, -0.05) is 43.6 Å². The molecular formula is C55H50N12O3Si. The molecule has 0 aliphatic heterocycles. The summed E-state index contributed by atoms with van der Waals surface area (Å²) in [6.45, 7) is 7.07. The predicted molar refractivity (Wildman–Crippen MR) is 281 cm³/mol. The number of aromatic nitrogens is 10. The van der Waals surface area contributed by atoms with Crippen molar-refractivity contribution in [3.05, 3.63) is 181 Å². The van der Waals surface area contributed by atoms with Gasteiger partial charge in [-0.2, -0.15) is 10.2 Å². The number of hydrogen-bond donors (Lipinski definition) is 4. The number of nitrogens with one attached hydrogen (secondary N) is 2. The zero-order valence-electron chi connectivity index (χ0n) is 39.8. The first-order valence-corrected chi connectivity index (χ1v) is 25.9. The number of aliphatic hydroxyl groups excluding tert-OH is 1. The quantitative estimate of drug-likeness (QED) is 0.0750. The van der Waals surface area contributed by atoms with Gasteiger partial charge in [0, 0.05) is 108 Å². The van der Waals surface area contributed by atoms with Crippen LogP contribution in [0.5, 0.6) is 11.5 Å². The minimum Gasteiger partial charge on any atom is -0.508 e. The summed E-state index contributed by atoms with van der Waals surface area (Å²) in [5.41, 5.74) is 13.6. The highest BCUT2D eigenvalue weighted by atomic mass is 28.3. The van der Waals surface area contributed by atoms with E-state index in [0.29, 0.717) is 35.6 Å². The molecule has 0 saturated heterocycles. The zero-order valence-corrected chi connectivity index (χ0v) is 40.8. The van der Waals surface area contributed by atoms with Crippen LogP contribution in [0.2, 0.25) is 19.6 Å². The first-order chi connectivity index (χ1) is 34.3. The first-order valence-electron chi connectivity index (χ1n) is 22.4. The lowest BCUT2D eigenvalue weighted by atomic mass is 10.1. The van der Waals surface area contributed by atoms with Gasteiger partial charge in [-0.3, -0.25) is 19.3 Å². The SMILES string of the molecule is C#Cc1ccc2nc(Nc3cc(OCc4ccccn4)cc(-c4cnn(C)c4)c3)ncc2c1.Cn1cc(-c2cc(O)cc(Nc3ncc4cc(C#C[Si](C)(C)C)ccc4n3)c2)cn1.OCc1ccccn1. The van der Waals surface area contributed by atoms with Crippen molar-refractivity contribution in [2.45, 2.75) is 32.9 Å². The Balaban J connectivity index is 0.000000165. The van der Waals surface area contributed by atoms with E-state index in [1.807, 2.05) is 124 Å². The van der Waals surface area contributed by atoms with Crippen LogP contribution >= 0.6 is 0 Å². The minimum atomic E-state index is -1.42. The number of nitrogens with zero attached hydrogens (tertiary/aromatic N) is 10. The molecule has 4 aromatic carbocycles. The second kappa shape index (κ2) is 22.3. The molecule has 10 rings (SSSR count). The van der Waals surface area contributed by atoms with E-state index in [0.717, 1.165) is 66.6 Å². The van der Waals surface area contributed by atoms with Crippen molar-refractivity contribution in [2.75, 3.05) is 10.6 Å². The Kier molecular flexibility index (Phi) is 15.1. The van der Waals surface area contributed by atoms with Crippen LogP contribution in [0, 0.1) is 23.8 Å². The van der Waals surface area contributed by atoms with Crippen molar-refractivity contribution in [2.24, 2.45) is 14.1 Å². The highest BCUT2D eigenvalue weighted by Crippen LogP contribution is 2.31. The van der Waals surface area contributed by atoms with E-state index in [-0.39, 0.29) is 12.4 Å². The van der Waals surface area contributed by atoms with Crippen molar-refractivity contribution in [3.63, 3.8) is 0 Å². The predicted octanol–water partition coefficient (Wildman–Crippen LogP) is 10.0. The highest BCUT2D eigenvalue weighted by molar-refractivity contribution is 6.83. The molecule has 0 fully saturated rings. The van der Waals surface area contributed by atoms with Gasteiger partial charge in [0.05, 0.1) is 41.4 Å². The molecule has 0 bridgehead atoms. The molecule has 6 heterocycles. The largest absolute Gasteiger partial charge is 0.508 e. The van der Waals surface area contributed by atoms with E-state index < -0.39 is 8.07 Å². The van der Waals surface area contributed by atoms with Gasteiger partial charge in [-0.05, 0) is 96.1 Å². The molecule has 0 atom stereocenters. The molecule has 16 heteroatoms. The van der Waals surface area contributed by atoms with Crippen molar-refractivity contribution in [1.82, 2.24) is 49.5 Å². The van der Waals surface area contributed by atoms with Crippen LogP contribution in [-0.2, 0) is 27.3 Å². The van der Waals surface area contributed by atoms with Crippen LogP contribution in [0.25, 0.3) is 44.1 Å². The van der Waals surface area contributed by atoms with Gasteiger partial charge < -0.3 is 25.6 Å². The minimum absolute atomic E-state index is 0.0286. The van der Waals surface area contributed by atoms with Crippen LogP contribution in [0.4, 0.5) is 23.3 Å². The van der Waals surface area contributed by atoms with Crippen molar-refractivity contribution in [3.8, 4) is 57.6 Å². The number of fused-ring (bicyclic) bond motifs is 2. The van der Waals surface area contributed by atoms with Gasteiger partial charge in [-0.15, -0.1) is 12.0 Å². The normalized spacial score (nSPS) is 10.7. The molecule has 0 amide bonds. The maximum atomic E-state index is 10.1. The van der Waals surface area contributed by atoms with Crippen LogP contribution in [0.15, 0.2) is 159 Å². The molecule has 4 N–H and O–H groups in total. The monoisotopic (exact) mass is 954 g/mol. The Bertz CT molecular complexity index is 3540. The smallest absolute Gasteiger partial charge is 0.227 e. The number of rotatable bonds is 10. The molecule has 0 saturated carbocycles. The van der Waals surface area contributed by atoms with Gasteiger partial charge in [0.1, 0.15) is 26.2 Å². The molecule has 15 nitrogen and oxygen atoms in total. The maximum absolute atomic E-state index is 10.1. The summed E-state index contributed by atoms with van der Waals surface area (Å²) >= 11 is 0. The number of benzene rings is 4. The number of pyridine rings is 2. The summed E-state index contributed by atoms with van der Waals surface area (Å²) in [6.07, 6.45) is 19.9. The van der Waals surface area contributed by atoms with Gasteiger partial charge in [-0.25, -0.2) is 19.9 Å². The van der Waals surface area contributed by atoms with Crippen molar-refractivity contribution >= 4 is 53.2 Å². The molecular weight excluding hydrogens is 905 g/mol. The summed E-state index contributed by atoms with van der Waals surface area (Å²) in [5.74, 6) is 7.70. The summed E-state index contributed by atoms with van der Waals surface area (Å²) in [7, 11) is 2.32. The third-order valence-corrected chi connectivity index (χ3v) is 11.2. The van der Waals surface area contributed by atoms with E-state index in [1.165, 1.54) is 0 Å². The van der Waals surface area contributed by atoms with E-state index in [2.05, 4.69) is 87.8 Å². The molecule has 0 spiro atoms. The van der Waals surface area contributed by atoms with Gasteiger partial charge >= 0.3 is 0 Å². The fourth-order valence-corrected chi connectivity index (χ4v) is 7.44. The van der Waals surface area contributed by atoms with Crippen LogP contribution in [-0.4, -0.2) is 67.8 Å². The third kappa shape index (κ3) is 13.7. The van der Waals surface area contributed by atoms with Gasteiger partial charge in [0.2, 0.25) is 11.9 Å². The number of phenols is 1. The molecule has 0 aliphatic carbocycles. The number of aromatic hydroxyl groups is 1. The van der Waals surface area contributed by atoms with Crippen LogP contribution < -0.4 is 15.4 Å². The Morgan fingerprint density at radius 2 is 1.18 bits per heavy atom. The summed E-state index contributed by atoms with van der Waals surface area (Å²) in [6, 6.07) is 34.0. The zero-order chi connectivity index (χ0) is 49.7. The maximum Gasteiger partial charge on any atom is 0.227 e. The lowest BCUT2D eigenvalue weighted by Gasteiger charge is -2.12. The Labute approximate surface area is 412 Å².